The first-order valence-electron chi connectivity index (χ1n) is 3.28. The summed E-state index contributed by atoms with van der Waals surface area (Å²) in [6.07, 6.45) is 0. The fraction of sp³-hybridized carbons (Fsp3) is 0.167. The highest BCUT2D eigenvalue weighted by atomic mass is 16.5. The number of nitrogens with zero attached hydrogens (tertiary/aromatic N) is 3. The molecular weight excluding hydrogens is 160 g/mol. The molecule has 2 aromatic rings. The summed E-state index contributed by atoms with van der Waals surface area (Å²) < 4.78 is 9.77. The summed E-state index contributed by atoms with van der Waals surface area (Å²) in [4.78, 5) is 0. The molecule has 2 N–H and O–H groups in total. The van der Waals surface area contributed by atoms with E-state index in [1.165, 1.54) is 0 Å². The van der Waals surface area contributed by atoms with Gasteiger partial charge >= 0.3 is 6.01 Å². The quantitative estimate of drug-likeness (QED) is 0.667. The van der Waals surface area contributed by atoms with Gasteiger partial charge in [0.1, 0.15) is 0 Å². The third kappa shape index (κ3) is 1.03. The zero-order valence-corrected chi connectivity index (χ0v) is 6.31. The first-order valence-corrected chi connectivity index (χ1v) is 3.28. The molecular formula is C6H6N4O2. The number of anilines is 1. The summed E-state index contributed by atoms with van der Waals surface area (Å²) in [6, 6.07) is 1.70. The molecule has 62 valence electrons. The standard InChI is InChI=1S/C6H6N4O2/c1-3-2-4(12-10-3)5-8-9-6(7)11-5/h2H,1H3,(H2,7,9). The number of hydrogen-bond donors (Lipinski definition) is 1. The van der Waals surface area contributed by atoms with Gasteiger partial charge in [0.2, 0.25) is 5.76 Å². The van der Waals surface area contributed by atoms with Crippen molar-refractivity contribution in [2.45, 2.75) is 6.92 Å². The zero-order valence-electron chi connectivity index (χ0n) is 6.31. The molecule has 0 bridgehead atoms. The van der Waals surface area contributed by atoms with Crippen LogP contribution in [0.25, 0.3) is 11.7 Å². The molecule has 0 aliphatic rings. The van der Waals surface area contributed by atoms with E-state index in [1.807, 2.05) is 0 Å². The summed E-state index contributed by atoms with van der Waals surface area (Å²) >= 11 is 0. The second kappa shape index (κ2) is 2.33. The van der Waals surface area contributed by atoms with Crippen molar-refractivity contribution in [3.63, 3.8) is 0 Å². The Balaban J connectivity index is 2.43. The van der Waals surface area contributed by atoms with Crippen LogP contribution in [0.2, 0.25) is 0 Å². The molecule has 0 atom stereocenters. The predicted octanol–water partition coefficient (Wildman–Crippen LogP) is 0.615. The smallest absolute Gasteiger partial charge is 0.313 e. The minimum atomic E-state index is 0.0130. The fourth-order valence-corrected chi connectivity index (χ4v) is 0.799. The summed E-state index contributed by atoms with van der Waals surface area (Å²) in [5, 5.41) is 10.8. The third-order valence-electron chi connectivity index (χ3n) is 1.28. The number of nitrogen functional groups attached to an aromatic ring is 1. The number of rotatable bonds is 1. The highest BCUT2D eigenvalue weighted by Crippen LogP contribution is 2.18. The van der Waals surface area contributed by atoms with Crippen LogP contribution in [0.5, 0.6) is 0 Å². The van der Waals surface area contributed by atoms with Gasteiger partial charge in [0.25, 0.3) is 5.89 Å². The molecule has 6 nitrogen and oxygen atoms in total. The molecule has 0 aromatic carbocycles. The first-order chi connectivity index (χ1) is 5.75. The van der Waals surface area contributed by atoms with E-state index in [1.54, 1.807) is 13.0 Å². The summed E-state index contributed by atoms with van der Waals surface area (Å²) in [6.45, 7) is 1.80. The SMILES string of the molecule is Cc1cc(-c2nnc(N)o2)on1. The van der Waals surface area contributed by atoms with Crippen molar-refractivity contribution in [2.24, 2.45) is 0 Å². The van der Waals surface area contributed by atoms with Gasteiger partial charge in [0, 0.05) is 6.07 Å². The maximum Gasteiger partial charge on any atom is 0.313 e. The van der Waals surface area contributed by atoms with Gasteiger partial charge in [-0.1, -0.05) is 10.3 Å². The Morgan fingerprint density at radius 2 is 2.25 bits per heavy atom. The molecule has 2 aromatic heterocycles. The van der Waals surface area contributed by atoms with Crippen LogP contribution in [0, 0.1) is 6.92 Å². The van der Waals surface area contributed by atoms with Crippen LogP contribution in [-0.2, 0) is 0 Å². The van der Waals surface area contributed by atoms with E-state index in [0.717, 1.165) is 5.69 Å². The molecule has 12 heavy (non-hydrogen) atoms. The van der Waals surface area contributed by atoms with Crippen molar-refractivity contribution in [1.82, 2.24) is 15.4 Å². The molecule has 0 aliphatic carbocycles. The van der Waals surface area contributed by atoms with Crippen LogP contribution in [0.4, 0.5) is 6.01 Å². The number of nitrogens with two attached hydrogens (primary N) is 1. The largest absolute Gasteiger partial charge is 0.400 e. The molecule has 6 heteroatoms. The second-order valence-electron chi connectivity index (χ2n) is 2.28. The lowest BCUT2D eigenvalue weighted by molar-refractivity contribution is 0.412. The Hall–Kier alpha value is -1.85. The van der Waals surface area contributed by atoms with Crippen molar-refractivity contribution < 1.29 is 8.94 Å². The van der Waals surface area contributed by atoms with E-state index in [9.17, 15) is 0 Å². The normalized spacial score (nSPS) is 10.4. The van der Waals surface area contributed by atoms with Crippen molar-refractivity contribution >= 4 is 6.01 Å². The fourth-order valence-electron chi connectivity index (χ4n) is 0.799. The molecule has 0 unspecified atom stereocenters. The molecule has 0 aliphatic heterocycles. The van der Waals surface area contributed by atoms with Crippen LogP contribution < -0.4 is 5.73 Å². The predicted molar refractivity (Wildman–Crippen MR) is 38.9 cm³/mol. The Morgan fingerprint density at radius 3 is 2.75 bits per heavy atom. The minimum absolute atomic E-state index is 0.0130. The maximum absolute atomic E-state index is 5.22. The van der Waals surface area contributed by atoms with E-state index in [-0.39, 0.29) is 11.9 Å². The molecule has 0 radical (unpaired) electrons. The van der Waals surface area contributed by atoms with Gasteiger partial charge < -0.3 is 14.7 Å². The minimum Gasteiger partial charge on any atom is -0.400 e. The average Bonchev–Trinajstić information content (AvgIpc) is 2.58. The van der Waals surface area contributed by atoms with E-state index >= 15 is 0 Å². The molecule has 2 heterocycles. The zero-order chi connectivity index (χ0) is 8.55. The molecule has 0 fully saturated rings. The Kier molecular flexibility index (Phi) is 1.33. The van der Waals surface area contributed by atoms with Gasteiger partial charge in [-0.05, 0) is 6.92 Å². The van der Waals surface area contributed by atoms with Crippen LogP contribution in [0.1, 0.15) is 5.69 Å². The summed E-state index contributed by atoms with van der Waals surface area (Å²) in [5.41, 5.74) is 5.97. The van der Waals surface area contributed by atoms with Gasteiger partial charge in [0.15, 0.2) is 0 Å². The van der Waals surface area contributed by atoms with Gasteiger partial charge in [0.05, 0.1) is 5.69 Å². The van der Waals surface area contributed by atoms with Crippen LogP contribution in [0.15, 0.2) is 15.0 Å². The lowest BCUT2D eigenvalue weighted by Crippen LogP contribution is -1.81. The monoisotopic (exact) mass is 166 g/mol. The van der Waals surface area contributed by atoms with Gasteiger partial charge in [-0.3, -0.25) is 0 Å². The highest BCUT2D eigenvalue weighted by Gasteiger charge is 2.10. The van der Waals surface area contributed by atoms with Crippen molar-refractivity contribution in [1.29, 1.82) is 0 Å². The van der Waals surface area contributed by atoms with Gasteiger partial charge in [-0.25, -0.2) is 0 Å². The summed E-state index contributed by atoms with van der Waals surface area (Å²) in [7, 11) is 0. The maximum atomic E-state index is 5.22. The van der Waals surface area contributed by atoms with Crippen molar-refractivity contribution in [3.8, 4) is 11.7 Å². The number of hydrogen-bond acceptors (Lipinski definition) is 6. The summed E-state index contributed by atoms with van der Waals surface area (Å²) in [5.74, 6) is 0.671. The van der Waals surface area contributed by atoms with E-state index in [0.29, 0.717) is 5.76 Å². The third-order valence-corrected chi connectivity index (χ3v) is 1.28. The van der Waals surface area contributed by atoms with Crippen molar-refractivity contribution in [3.05, 3.63) is 11.8 Å². The Morgan fingerprint density at radius 1 is 1.42 bits per heavy atom. The van der Waals surface area contributed by atoms with Crippen LogP contribution in [0.3, 0.4) is 0 Å². The number of aromatic nitrogens is 3. The van der Waals surface area contributed by atoms with Gasteiger partial charge in [-0.15, -0.1) is 5.10 Å². The first kappa shape index (κ1) is 6.84. The lowest BCUT2D eigenvalue weighted by Gasteiger charge is -1.80. The van der Waals surface area contributed by atoms with Crippen LogP contribution in [-0.4, -0.2) is 15.4 Å². The van der Waals surface area contributed by atoms with E-state index < -0.39 is 0 Å². The van der Waals surface area contributed by atoms with E-state index in [4.69, 9.17) is 14.7 Å². The molecule has 0 saturated heterocycles. The van der Waals surface area contributed by atoms with Crippen molar-refractivity contribution in [2.75, 3.05) is 5.73 Å². The molecule has 0 spiro atoms. The van der Waals surface area contributed by atoms with Gasteiger partial charge in [-0.2, -0.15) is 0 Å². The van der Waals surface area contributed by atoms with E-state index in [2.05, 4.69) is 15.4 Å². The topological polar surface area (TPSA) is 91.0 Å². The number of aryl methyl sites for hydroxylation is 1. The van der Waals surface area contributed by atoms with Crippen LogP contribution >= 0.6 is 0 Å². The Bertz CT molecular complexity index is 353. The lowest BCUT2D eigenvalue weighted by atomic mass is 10.4. The average molecular weight is 166 g/mol. The molecule has 0 saturated carbocycles. The molecule has 0 amide bonds. The highest BCUT2D eigenvalue weighted by molar-refractivity contribution is 5.44. The molecule has 2 rings (SSSR count). The second-order valence-corrected chi connectivity index (χ2v) is 2.28. The Labute approximate surface area is 67.4 Å².